The van der Waals surface area contributed by atoms with Crippen molar-refractivity contribution in [1.29, 1.82) is 0 Å². The summed E-state index contributed by atoms with van der Waals surface area (Å²) in [6, 6.07) is 17.5. The van der Waals surface area contributed by atoms with Crippen molar-refractivity contribution in [3.05, 3.63) is 72.8 Å². The van der Waals surface area contributed by atoms with E-state index in [9.17, 15) is 5.11 Å². The standard InChI is InChI=1S/C24H24N4O3/c25-23-22-21(16-6-9-19(10-7-16)31-18-4-2-1-3-5-18)27-24(28(22)13-12-26-23)17-8-11-20(14-29)30-15-17/h1-7,9-10,12-13,17,20,29H,8,11,14-15H2,(H2,25,26)/t17-,20-/m1/s1. The highest BCUT2D eigenvalue weighted by Gasteiger charge is 2.27. The number of rotatable bonds is 5. The Labute approximate surface area is 180 Å². The van der Waals surface area contributed by atoms with Crippen molar-refractivity contribution in [1.82, 2.24) is 14.4 Å². The second-order valence-corrected chi connectivity index (χ2v) is 7.70. The monoisotopic (exact) mass is 416 g/mol. The molecule has 31 heavy (non-hydrogen) atoms. The van der Waals surface area contributed by atoms with Gasteiger partial charge in [0.25, 0.3) is 0 Å². The molecule has 2 aromatic carbocycles. The molecule has 7 heteroatoms. The van der Waals surface area contributed by atoms with Crippen molar-refractivity contribution in [2.24, 2.45) is 0 Å². The molecule has 0 unspecified atom stereocenters. The molecule has 0 spiro atoms. The minimum absolute atomic E-state index is 0.0502. The number of aromatic nitrogens is 3. The molecule has 1 aliphatic rings. The summed E-state index contributed by atoms with van der Waals surface area (Å²) in [5.74, 6) is 3.01. The molecule has 0 aliphatic carbocycles. The molecule has 0 bridgehead atoms. The lowest BCUT2D eigenvalue weighted by atomic mass is 9.98. The second-order valence-electron chi connectivity index (χ2n) is 7.70. The summed E-state index contributed by atoms with van der Waals surface area (Å²) < 4.78 is 13.7. The fraction of sp³-hybridized carbons (Fsp3) is 0.250. The van der Waals surface area contributed by atoms with Gasteiger partial charge >= 0.3 is 0 Å². The van der Waals surface area contributed by atoms with E-state index in [1.54, 1.807) is 6.20 Å². The smallest absolute Gasteiger partial charge is 0.150 e. The van der Waals surface area contributed by atoms with Crippen LogP contribution in [0, 0.1) is 0 Å². The first-order valence-corrected chi connectivity index (χ1v) is 10.4. The second kappa shape index (κ2) is 8.37. The quantitative estimate of drug-likeness (QED) is 0.510. The molecule has 2 atom stereocenters. The fourth-order valence-electron chi connectivity index (χ4n) is 4.04. The van der Waals surface area contributed by atoms with Crippen LogP contribution in [0.3, 0.4) is 0 Å². The van der Waals surface area contributed by atoms with Gasteiger partial charge in [-0.05, 0) is 49.2 Å². The largest absolute Gasteiger partial charge is 0.457 e. The van der Waals surface area contributed by atoms with Gasteiger partial charge in [-0.3, -0.25) is 4.40 Å². The van der Waals surface area contributed by atoms with E-state index in [4.69, 9.17) is 20.2 Å². The minimum Gasteiger partial charge on any atom is -0.457 e. The summed E-state index contributed by atoms with van der Waals surface area (Å²) in [7, 11) is 0. The van der Waals surface area contributed by atoms with Crippen molar-refractivity contribution < 1.29 is 14.6 Å². The number of imidazole rings is 1. The van der Waals surface area contributed by atoms with Gasteiger partial charge in [0.15, 0.2) is 0 Å². The molecule has 2 aromatic heterocycles. The molecule has 1 fully saturated rings. The highest BCUT2D eigenvalue weighted by molar-refractivity contribution is 5.85. The van der Waals surface area contributed by atoms with Gasteiger partial charge in [0.2, 0.25) is 0 Å². The van der Waals surface area contributed by atoms with Gasteiger partial charge in [-0.15, -0.1) is 0 Å². The molecular formula is C24H24N4O3. The number of para-hydroxylation sites is 1. The van der Waals surface area contributed by atoms with E-state index in [1.807, 2.05) is 65.2 Å². The number of fused-ring (bicyclic) bond motifs is 1. The summed E-state index contributed by atoms with van der Waals surface area (Å²) in [4.78, 5) is 9.25. The predicted molar refractivity (Wildman–Crippen MR) is 118 cm³/mol. The van der Waals surface area contributed by atoms with E-state index in [0.29, 0.717) is 12.4 Å². The van der Waals surface area contributed by atoms with Crippen LogP contribution in [0.25, 0.3) is 16.8 Å². The molecule has 3 heterocycles. The van der Waals surface area contributed by atoms with Crippen LogP contribution in [-0.2, 0) is 4.74 Å². The van der Waals surface area contributed by atoms with Gasteiger partial charge in [-0.1, -0.05) is 18.2 Å². The van der Waals surface area contributed by atoms with Crippen LogP contribution in [0.4, 0.5) is 5.82 Å². The first-order valence-electron chi connectivity index (χ1n) is 10.4. The molecule has 0 radical (unpaired) electrons. The number of anilines is 1. The molecule has 0 amide bonds. The van der Waals surface area contributed by atoms with Crippen molar-refractivity contribution in [3.8, 4) is 22.8 Å². The van der Waals surface area contributed by atoms with Crippen LogP contribution in [0.5, 0.6) is 11.5 Å². The summed E-state index contributed by atoms with van der Waals surface area (Å²) >= 11 is 0. The number of nitrogen functional groups attached to an aromatic ring is 1. The van der Waals surface area contributed by atoms with Crippen LogP contribution in [0.15, 0.2) is 67.0 Å². The highest BCUT2D eigenvalue weighted by atomic mass is 16.5. The fourth-order valence-corrected chi connectivity index (χ4v) is 4.04. The SMILES string of the molecule is Nc1nccn2c([C@@H]3CC[C@H](CO)OC3)nc(-c3ccc(Oc4ccccc4)cc3)c12. The van der Waals surface area contributed by atoms with Gasteiger partial charge in [-0.25, -0.2) is 9.97 Å². The Morgan fingerprint density at radius 3 is 2.55 bits per heavy atom. The van der Waals surface area contributed by atoms with Gasteiger partial charge < -0.3 is 20.3 Å². The van der Waals surface area contributed by atoms with E-state index in [-0.39, 0.29) is 18.6 Å². The minimum atomic E-state index is -0.0918. The molecule has 3 N–H and O–H groups in total. The summed E-state index contributed by atoms with van der Waals surface area (Å²) in [5, 5.41) is 9.34. The normalized spacial score (nSPS) is 18.9. The Kier molecular flexibility index (Phi) is 5.28. The van der Waals surface area contributed by atoms with Crippen molar-refractivity contribution in [3.63, 3.8) is 0 Å². The van der Waals surface area contributed by atoms with Gasteiger partial charge in [-0.2, -0.15) is 0 Å². The first-order chi connectivity index (χ1) is 15.2. The van der Waals surface area contributed by atoms with Crippen molar-refractivity contribution in [2.75, 3.05) is 18.9 Å². The topological polar surface area (TPSA) is 94.9 Å². The molecule has 5 rings (SSSR count). The summed E-state index contributed by atoms with van der Waals surface area (Å²) in [5.41, 5.74) is 8.77. The Morgan fingerprint density at radius 1 is 1.06 bits per heavy atom. The Morgan fingerprint density at radius 2 is 1.84 bits per heavy atom. The zero-order valence-corrected chi connectivity index (χ0v) is 17.0. The van der Waals surface area contributed by atoms with Crippen LogP contribution in [0.2, 0.25) is 0 Å². The van der Waals surface area contributed by atoms with Gasteiger partial charge in [0.1, 0.15) is 34.4 Å². The van der Waals surface area contributed by atoms with Crippen LogP contribution >= 0.6 is 0 Å². The van der Waals surface area contributed by atoms with E-state index in [1.165, 1.54) is 0 Å². The lowest BCUT2D eigenvalue weighted by Crippen LogP contribution is -2.28. The number of nitrogens with zero attached hydrogens (tertiary/aromatic N) is 3. The predicted octanol–water partition coefficient (Wildman–Crippen LogP) is 4.03. The van der Waals surface area contributed by atoms with E-state index in [0.717, 1.165) is 46.9 Å². The zero-order valence-electron chi connectivity index (χ0n) is 17.0. The lowest BCUT2D eigenvalue weighted by Gasteiger charge is -2.27. The maximum Gasteiger partial charge on any atom is 0.150 e. The molecule has 158 valence electrons. The maximum absolute atomic E-state index is 9.34. The molecule has 0 saturated carbocycles. The number of nitrogens with two attached hydrogens (primary N) is 1. The van der Waals surface area contributed by atoms with Crippen molar-refractivity contribution in [2.45, 2.75) is 24.9 Å². The maximum atomic E-state index is 9.34. The Bertz CT molecular complexity index is 1170. The first kappa shape index (κ1) is 19.5. The van der Waals surface area contributed by atoms with Crippen LogP contribution in [-0.4, -0.2) is 38.8 Å². The number of ether oxygens (including phenoxy) is 2. The lowest BCUT2D eigenvalue weighted by molar-refractivity contribution is -0.0282. The third-order valence-electron chi connectivity index (χ3n) is 5.66. The number of hydrogen-bond donors (Lipinski definition) is 2. The average Bonchev–Trinajstić information content (AvgIpc) is 3.21. The van der Waals surface area contributed by atoms with E-state index >= 15 is 0 Å². The van der Waals surface area contributed by atoms with Crippen molar-refractivity contribution >= 4 is 11.3 Å². The van der Waals surface area contributed by atoms with E-state index < -0.39 is 0 Å². The summed E-state index contributed by atoms with van der Waals surface area (Å²) in [6.07, 6.45) is 5.19. The number of aliphatic hydroxyl groups is 1. The Balaban J connectivity index is 1.48. The van der Waals surface area contributed by atoms with Crippen LogP contribution < -0.4 is 10.5 Å². The number of aliphatic hydroxyl groups excluding tert-OH is 1. The number of hydrogen-bond acceptors (Lipinski definition) is 6. The molecular weight excluding hydrogens is 392 g/mol. The van der Waals surface area contributed by atoms with Gasteiger partial charge in [0, 0.05) is 23.9 Å². The van der Waals surface area contributed by atoms with Gasteiger partial charge in [0.05, 0.1) is 19.3 Å². The van der Waals surface area contributed by atoms with Crippen LogP contribution in [0.1, 0.15) is 24.6 Å². The Hall–Kier alpha value is -3.42. The molecule has 1 saturated heterocycles. The molecule has 4 aromatic rings. The van der Waals surface area contributed by atoms with E-state index in [2.05, 4.69) is 4.98 Å². The molecule has 7 nitrogen and oxygen atoms in total. The number of benzene rings is 2. The zero-order chi connectivity index (χ0) is 21.2. The average molecular weight is 416 g/mol. The third kappa shape index (κ3) is 3.85. The molecule has 1 aliphatic heterocycles. The summed E-state index contributed by atoms with van der Waals surface area (Å²) in [6.45, 7) is 0.574. The third-order valence-corrected chi connectivity index (χ3v) is 5.66. The highest BCUT2D eigenvalue weighted by Crippen LogP contribution is 2.35.